The molecule has 0 bridgehead atoms. The molecule has 1 amide bonds. The Balaban J connectivity index is 1.39. The van der Waals surface area contributed by atoms with Gasteiger partial charge in [0.25, 0.3) is 5.91 Å². The number of nitrogens with two attached hydrogens (primary N) is 1. The second kappa shape index (κ2) is 8.29. The first-order valence-electron chi connectivity index (χ1n) is 10.6. The van der Waals surface area contributed by atoms with Crippen LogP contribution in [-0.2, 0) is 19.9 Å². The van der Waals surface area contributed by atoms with Gasteiger partial charge in [-0.25, -0.2) is 9.37 Å². The van der Waals surface area contributed by atoms with Gasteiger partial charge in [0.2, 0.25) is 0 Å². The number of alkyl halides is 3. The van der Waals surface area contributed by atoms with Crippen molar-refractivity contribution in [1.82, 2.24) is 34.4 Å². The molecule has 0 aliphatic heterocycles. The lowest BCUT2D eigenvalue weighted by molar-refractivity contribution is -0.212. The fourth-order valence-electron chi connectivity index (χ4n) is 3.96. The van der Waals surface area contributed by atoms with Crippen LogP contribution in [0.4, 0.5) is 23.4 Å². The summed E-state index contributed by atoms with van der Waals surface area (Å²) in [7, 11) is 3.21. The number of pyridine rings is 2. The van der Waals surface area contributed by atoms with Crippen LogP contribution in [-0.4, -0.2) is 47.4 Å². The number of hydrogen-bond acceptors (Lipinski definition) is 6. The lowest BCUT2D eigenvalue weighted by atomic mass is 10.1. The van der Waals surface area contributed by atoms with Gasteiger partial charge < -0.3 is 10.6 Å². The summed E-state index contributed by atoms with van der Waals surface area (Å²) in [6.45, 7) is 0.0412. The van der Waals surface area contributed by atoms with Crippen molar-refractivity contribution in [3.63, 3.8) is 0 Å². The number of benzene rings is 1. The average molecular weight is 498 g/mol. The molecule has 0 atom stereocenters. The van der Waals surface area contributed by atoms with Crippen LogP contribution < -0.4 is 5.73 Å². The van der Waals surface area contributed by atoms with Gasteiger partial charge in [0.1, 0.15) is 11.6 Å². The molecule has 13 heteroatoms. The van der Waals surface area contributed by atoms with Crippen LogP contribution in [0.1, 0.15) is 16.1 Å². The number of aromatic nitrogens is 6. The minimum absolute atomic E-state index is 0.0412. The zero-order valence-electron chi connectivity index (χ0n) is 19.0. The van der Waals surface area contributed by atoms with Crippen LogP contribution in [0.25, 0.3) is 32.9 Å². The number of nitrogens with zero attached hydrogens (tertiary/aromatic N) is 7. The van der Waals surface area contributed by atoms with Crippen molar-refractivity contribution in [2.45, 2.75) is 12.8 Å². The number of carbonyl (C=O) groups is 1. The second-order valence-corrected chi connectivity index (χ2v) is 8.22. The van der Waals surface area contributed by atoms with E-state index in [-0.39, 0.29) is 28.2 Å². The molecule has 0 fully saturated rings. The van der Waals surface area contributed by atoms with Crippen LogP contribution in [0.5, 0.6) is 0 Å². The number of anilines is 1. The lowest BCUT2D eigenvalue weighted by Crippen LogP contribution is -2.27. The lowest BCUT2D eigenvalue weighted by Gasteiger charge is -2.18. The summed E-state index contributed by atoms with van der Waals surface area (Å²) in [6.07, 6.45) is 0.271. The SMILES string of the molecule is CN(Cc1ccc(-c2cnn(C(F)(F)F)c2)cn1)C(=O)c1cc2c(cc1F)nc(N)c1cnn(C)c12. The Morgan fingerprint density at radius 2 is 1.86 bits per heavy atom. The second-order valence-electron chi connectivity index (χ2n) is 8.22. The molecule has 0 saturated heterocycles. The molecule has 5 rings (SSSR count). The Hall–Kier alpha value is -4.55. The van der Waals surface area contributed by atoms with Crippen LogP contribution >= 0.6 is 0 Å². The fraction of sp³-hybridized carbons (Fsp3) is 0.174. The Labute approximate surface area is 200 Å². The molecule has 36 heavy (non-hydrogen) atoms. The van der Waals surface area contributed by atoms with E-state index in [1.54, 1.807) is 30.1 Å². The van der Waals surface area contributed by atoms with Crippen molar-refractivity contribution < 1.29 is 22.4 Å². The van der Waals surface area contributed by atoms with Crippen molar-refractivity contribution >= 4 is 33.5 Å². The van der Waals surface area contributed by atoms with E-state index < -0.39 is 18.0 Å². The molecule has 0 spiro atoms. The largest absolute Gasteiger partial charge is 0.504 e. The van der Waals surface area contributed by atoms with Crippen molar-refractivity contribution in [2.75, 3.05) is 12.8 Å². The molecule has 0 saturated carbocycles. The molecular formula is C23H18F4N8O. The minimum atomic E-state index is -4.61. The van der Waals surface area contributed by atoms with Gasteiger partial charge in [0.05, 0.1) is 46.6 Å². The predicted octanol–water partition coefficient (Wildman–Crippen LogP) is 3.85. The van der Waals surface area contributed by atoms with E-state index in [1.807, 2.05) is 0 Å². The average Bonchev–Trinajstić information content (AvgIpc) is 3.47. The van der Waals surface area contributed by atoms with Crippen molar-refractivity contribution in [2.24, 2.45) is 7.05 Å². The topological polar surface area (TPSA) is 108 Å². The molecule has 0 aliphatic rings. The van der Waals surface area contributed by atoms with Crippen LogP contribution in [0, 0.1) is 5.82 Å². The van der Waals surface area contributed by atoms with Gasteiger partial charge in [-0.1, -0.05) is 6.07 Å². The zero-order chi connectivity index (χ0) is 25.8. The van der Waals surface area contributed by atoms with Gasteiger partial charge in [0.15, 0.2) is 0 Å². The Bertz CT molecular complexity index is 1620. The predicted molar refractivity (Wildman–Crippen MR) is 123 cm³/mol. The molecule has 184 valence electrons. The first-order chi connectivity index (χ1) is 17.0. The summed E-state index contributed by atoms with van der Waals surface area (Å²) >= 11 is 0. The number of amides is 1. The summed E-state index contributed by atoms with van der Waals surface area (Å²) in [4.78, 5) is 22.8. The monoisotopic (exact) mass is 498 g/mol. The molecule has 9 nitrogen and oxygen atoms in total. The Morgan fingerprint density at radius 1 is 1.08 bits per heavy atom. The third-order valence-electron chi connectivity index (χ3n) is 5.77. The number of rotatable bonds is 4. The molecule has 0 aliphatic carbocycles. The van der Waals surface area contributed by atoms with Crippen LogP contribution in [0.2, 0.25) is 0 Å². The van der Waals surface area contributed by atoms with Crippen LogP contribution in [0.15, 0.2) is 49.1 Å². The standard InChI is InChI=1S/C23H18F4N8O/c1-33(11-14-4-3-12(7-29-14)13-8-31-35(10-13)23(25,26)27)22(36)15-5-16-19(6-18(15)24)32-21(28)17-9-30-34(2)20(16)17/h3-10H,11H2,1-2H3,(H2,28,32). The Morgan fingerprint density at radius 3 is 2.53 bits per heavy atom. The normalized spacial score (nSPS) is 11.9. The van der Waals surface area contributed by atoms with Crippen molar-refractivity contribution in [3.8, 4) is 11.1 Å². The molecule has 1 aromatic carbocycles. The number of aryl methyl sites for hydroxylation is 1. The van der Waals surface area contributed by atoms with Crippen molar-refractivity contribution in [3.05, 3.63) is 66.1 Å². The molecule has 2 N–H and O–H groups in total. The summed E-state index contributed by atoms with van der Waals surface area (Å²) in [5.74, 6) is -1.13. The van der Waals surface area contributed by atoms with Gasteiger partial charge >= 0.3 is 6.30 Å². The first-order valence-corrected chi connectivity index (χ1v) is 10.6. The molecule has 5 aromatic rings. The summed E-state index contributed by atoms with van der Waals surface area (Å²) < 4.78 is 54.7. The maximum atomic E-state index is 14.9. The molecule has 0 unspecified atom stereocenters. The number of nitrogen functional groups attached to an aromatic ring is 1. The minimum Gasteiger partial charge on any atom is -0.383 e. The molecule has 0 radical (unpaired) electrons. The summed E-state index contributed by atoms with van der Waals surface area (Å²) in [5, 5.41) is 8.60. The maximum Gasteiger partial charge on any atom is 0.504 e. The molecular weight excluding hydrogens is 480 g/mol. The van der Waals surface area contributed by atoms with Crippen molar-refractivity contribution in [1.29, 1.82) is 0 Å². The third-order valence-corrected chi connectivity index (χ3v) is 5.77. The molecule has 4 heterocycles. The van der Waals surface area contributed by atoms with E-state index in [4.69, 9.17) is 5.73 Å². The number of hydrogen-bond donors (Lipinski definition) is 1. The van der Waals surface area contributed by atoms with E-state index in [2.05, 4.69) is 20.2 Å². The first kappa shape index (κ1) is 23.2. The van der Waals surface area contributed by atoms with E-state index in [9.17, 15) is 22.4 Å². The van der Waals surface area contributed by atoms with E-state index in [0.29, 0.717) is 33.1 Å². The van der Waals surface area contributed by atoms with E-state index >= 15 is 0 Å². The Kier molecular flexibility index (Phi) is 5.34. The highest BCUT2D eigenvalue weighted by Gasteiger charge is 2.31. The van der Waals surface area contributed by atoms with Gasteiger partial charge in [-0.05, 0) is 12.1 Å². The zero-order valence-corrected chi connectivity index (χ0v) is 19.0. The van der Waals surface area contributed by atoms with Gasteiger partial charge in [0, 0.05) is 49.1 Å². The smallest absolute Gasteiger partial charge is 0.383 e. The molecule has 4 aromatic heterocycles. The highest BCUT2D eigenvalue weighted by molar-refractivity contribution is 6.10. The quantitative estimate of drug-likeness (QED) is 0.377. The fourth-order valence-corrected chi connectivity index (χ4v) is 3.96. The third kappa shape index (κ3) is 3.97. The number of halogens is 4. The van der Waals surface area contributed by atoms with E-state index in [0.717, 1.165) is 18.5 Å². The van der Waals surface area contributed by atoms with Crippen LogP contribution in [0.3, 0.4) is 0 Å². The summed E-state index contributed by atoms with van der Waals surface area (Å²) in [6, 6.07) is 5.74. The maximum absolute atomic E-state index is 14.9. The van der Waals surface area contributed by atoms with Gasteiger partial charge in [-0.2, -0.15) is 14.9 Å². The highest BCUT2D eigenvalue weighted by atomic mass is 19.4. The van der Waals surface area contributed by atoms with Gasteiger partial charge in [-0.3, -0.25) is 14.5 Å². The number of carbonyl (C=O) groups excluding carboxylic acids is 1. The summed E-state index contributed by atoms with van der Waals surface area (Å²) in [5.41, 5.74) is 7.86. The van der Waals surface area contributed by atoms with Gasteiger partial charge in [-0.15, -0.1) is 13.2 Å². The highest BCUT2D eigenvalue weighted by Crippen LogP contribution is 2.30. The van der Waals surface area contributed by atoms with E-state index in [1.165, 1.54) is 24.2 Å². The number of fused-ring (bicyclic) bond motifs is 3.